The third kappa shape index (κ3) is 3.59. The van der Waals surface area contributed by atoms with E-state index in [2.05, 4.69) is 0 Å². The number of nitrogens with two attached hydrogens (primary N) is 1. The highest BCUT2D eigenvalue weighted by Gasteiger charge is 2.42. The lowest BCUT2D eigenvalue weighted by atomic mass is 9.92. The normalized spacial score (nSPS) is 40.2. The second-order valence-electron chi connectivity index (χ2n) is 4.39. The van der Waals surface area contributed by atoms with Gasteiger partial charge in [0, 0.05) is 6.04 Å². The molecule has 1 aliphatic heterocycles. The van der Waals surface area contributed by atoms with Crippen molar-refractivity contribution in [3.8, 4) is 0 Å². The zero-order valence-corrected chi connectivity index (χ0v) is 9.51. The van der Waals surface area contributed by atoms with Crippen LogP contribution in [0.1, 0.15) is 12.8 Å². The fourth-order valence-corrected chi connectivity index (χ4v) is 1.89. The van der Waals surface area contributed by atoms with Crippen molar-refractivity contribution in [3.05, 3.63) is 0 Å². The molecule has 0 aromatic carbocycles. The molecule has 0 radical (unpaired) electrons. The van der Waals surface area contributed by atoms with E-state index in [0.29, 0.717) is 12.8 Å². The standard InChI is InChI=1S/C10H21NO6/c11-5(3-12)1-2-6-8(14)10(16)9(15)7(4-13)17-6/h5-10,12-16H,1-4,11H2/t5-,6+,7-,8+,9+,10-/m1/s1. The molecule has 7 nitrogen and oxygen atoms in total. The second-order valence-corrected chi connectivity index (χ2v) is 4.39. The maximum atomic E-state index is 9.69. The minimum atomic E-state index is -1.35. The molecule has 7 N–H and O–H groups in total. The summed E-state index contributed by atoms with van der Waals surface area (Å²) < 4.78 is 5.28. The summed E-state index contributed by atoms with van der Waals surface area (Å²) in [5.41, 5.74) is 5.52. The fraction of sp³-hybridized carbons (Fsp3) is 1.00. The molecular weight excluding hydrogens is 230 g/mol. The SMILES string of the molecule is N[C@@H](CO)CC[C@@H]1O[C@H](CO)[C@H](O)[C@H](O)[C@H]1O. The first kappa shape index (κ1) is 14.8. The summed E-state index contributed by atoms with van der Waals surface area (Å²) in [6.45, 7) is -0.606. The van der Waals surface area contributed by atoms with Crippen LogP contribution in [0.4, 0.5) is 0 Å². The van der Waals surface area contributed by atoms with Crippen LogP contribution in [0.3, 0.4) is 0 Å². The molecule has 1 rings (SSSR count). The van der Waals surface area contributed by atoms with Crippen LogP contribution in [0.5, 0.6) is 0 Å². The molecule has 1 aliphatic rings. The summed E-state index contributed by atoms with van der Waals surface area (Å²) in [4.78, 5) is 0. The minimum Gasteiger partial charge on any atom is -0.395 e. The Bertz CT molecular complexity index is 227. The van der Waals surface area contributed by atoms with Crippen LogP contribution in [0.25, 0.3) is 0 Å². The Balaban J connectivity index is 2.53. The van der Waals surface area contributed by atoms with Gasteiger partial charge in [-0.2, -0.15) is 0 Å². The molecule has 0 aliphatic carbocycles. The van der Waals surface area contributed by atoms with E-state index in [1.807, 2.05) is 0 Å². The summed E-state index contributed by atoms with van der Waals surface area (Å²) in [6, 6.07) is -0.414. The van der Waals surface area contributed by atoms with E-state index in [4.69, 9.17) is 20.7 Å². The molecule has 1 saturated heterocycles. The summed E-state index contributed by atoms with van der Waals surface area (Å²) >= 11 is 0. The molecule has 0 aromatic rings. The molecule has 7 heteroatoms. The topological polar surface area (TPSA) is 136 Å². The van der Waals surface area contributed by atoms with Gasteiger partial charge in [-0.25, -0.2) is 0 Å². The van der Waals surface area contributed by atoms with Crippen LogP contribution in [0.15, 0.2) is 0 Å². The summed E-state index contributed by atoms with van der Waals surface area (Å²) in [7, 11) is 0. The Morgan fingerprint density at radius 3 is 2.12 bits per heavy atom. The third-order valence-corrected chi connectivity index (χ3v) is 3.05. The number of aliphatic hydroxyl groups excluding tert-OH is 5. The predicted molar refractivity (Wildman–Crippen MR) is 58.1 cm³/mol. The molecule has 0 unspecified atom stereocenters. The predicted octanol–water partition coefficient (Wildman–Crippen LogP) is -3.07. The Labute approximate surface area is 99.4 Å². The van der Waals surface area contributed by atoms with Gasteiger partial charge in [0.15, 0.2) is 0 Å². The third-order valence-electron chi connectivity index (χ3n) is 3.05. The maximum absolute atomic E-state index is 9.69. The van der Waals surface area contributed by atoms with Gasteiger partial charge in [0.05, 0.1) is 19.3 Å². The summed E-state index contributed by atoms with van der Waals surface area (Å²) in [5.74, 6) is 0. The van der Waals surface area contributed by atoms with Gasteiger partial charge in [-0.3, -0.25) is 0 Å². The van der Waals surface area contributed by atoms with E-state index in [0.717, 1.165) is 0 Å². The van der Waals surface area contributed by atoms with Crippen LogP contribution in [-0.4, -0.2) is 75.3 Å². The molecule has 0 aromatic heterocycles. The van der Waals surface area contributed by atoms with Gasteiger partial charge < -0.3 is 36.0 Å². The molecule has 17 heavy (non-hydrogen) atoms. The van der Waals surface area contributed by atoms with Crippen LogP contribution >= 0.6 is 0 Å². The van der Waals surface area contributed by atoms with Crippen molar-refractivity contribution < 1.29 is 30.3 Å². The Morgan fingerprint density at radius 1 is 1.00 bits per heavy atom. The van der Waals surface area contributed by atoms with Gasteiger partial charge in [0.2, 0.25) is 0 Å². The van der Waals surface area contributed by atoms with Crippen molar-refractivity contribution in [2.75, 3.05) is 13.2 Å². The monoisotopic (exact) mass is 251 g/mol. The largest absolute Gasteiger partial charge is 0.395 e. The van der Waals surface area contributed by atoms with Crippen LogP contribution in [0, 0.1) is 0 Å². The van der Waals surface area contributed by atoms with Crippen LogP contribution in [0.2, 0.25) is 0 Å². The Morgan fingerprint density at radius 2 is 1.59 bits per heavy atom. The number of aliphatic hydroxyl groups is 5. The summed E-state index contributed by atoms with van der Waals surface area (Å²) in [5, 5.41) is 46.5. The lowest BCUT2D eigenvalue weighted by Crippen LogP contribution is -2.58. The Kier molecular flexibility index (Phi) is 5.74. The lowest BCUT2D eigenvalue weighted by Gasteiger charge is -2.40. The van der Waals surface area contributed by atoms with Crippen molar-refractivity contribution >= 4 is 0 Å². The van der Waals surface area contributed by atoms with E-state index < -0.39 is 43.2 Å². The average Bonchev–Trinajstić information content (AvgIpc) is 2.34. The quantitative estimate of drug-likeness (QED) is 0.305. The minimum absolute atomic E-state index is 0.169. The van der Waals surface area contributed by atoms with Crippen LogP contribution < -0.4 is 5.73 Å². The van der Waals surface area contributed by atoms with Gasteiger partial charge in [-0.05, 0) is 12.8 Å². The van der Waals surface area contributed by atoms with Gasteiger partial charge in [-0.15, -0.1) is 0 Å². The molecule has 0 saturated carbocycles. The zero-order chi connectivity index (χ0) is 13.0. The highest BCUT2D eigenvalue weighted by atomic mass is 16.5. The number of ether oxygens (including phenoxy) is 1. The molecule has 0 spiro atoms. The van der Waals surface area contributed by atoms with Crippen molar-refractivity contribution in [2.45, 2.75) is 49.4 Å². The first-order valence-electron chi connectivity index (χ1n) is 5.68. The number of hydrogen-bond acceptors (Lipinski definition) is 7. The number of rotatable bonds is 5. The van der Waals surface area contributed by atoms with Crippen molar-refractivity contribution in [2.24, 2.45) is 5.73 Å². The molecule has 0 bridgehead atoms. The van der Waals surface area contributed by atoms with Crippen LogP contribution in [-0.2, 0) is 4.74 Å². The molecule has 6 atom stereocenters. The number of hydrogen-bond donors (Lipinski definition) is 6. The van der Waals surface area contributed by atoms with E-state index in [9.17, 15) is 15.3 Å². The van der Waals surface area contributed by atoms with E-state index in [1.54, 1.807) is 0 Å². The first-order valence-corrected chi connectivity index (χ1v) is 5.68. The van der Waals surface area contributed by atoms with Gasteiger partial charge in [0.25, 0.3) is 0 Å². The first-order chi connectivity index (χ1) is 8.01. The van der Waals surface area contributed by atoms with Crippen molar-refractivity contribution in [3.63, 3.8) is 0 Å². The highest BCUT2D eigenvalue weighted by molar-refractivity contribution is 4.92. The van der Waals surface area contributed by atoms with Gasteiger partial charge >= 0.3 is 0 Å². The van der Waals surface area contributed by atoms with Gasteiger partial charge in [-0.1, -0.05) is 0 Å². The maximum Gasteiger partial charge on any atom is 0.111 e. The average molecular weight is 251 g/mol. The summed E-state index contributed by atoms with van der Waals surface area (Å²) in [6.07, 6.45) is -4.75. The highest BCUT2D eigenvalue weighted by Crippen LogP contribution is 2.24. The van der Waals surface area contributed by atoms with E-state index in [-0.39, 0.29) is 6.61 Å². The smallest absolute Gasteiger partial charge is 0.111 e. The lowest BCUT2D eigenvalue weighted by molar-refractivity contribution is -0.230. The molecule has 102 valence electrons. The van der Waals surface area contributed by atoms with Crippen molar-refractivity contribution in [1.82, 2.24) is 0 Å². The molecule has 1 fully saturated rings. The second kappa shape index (κ2) is 6.60. The Hall–Kier alpha value is -0.280. The van der Waals surface area contributed by atoms with E-state index in [1.165, 1.54) is 0 Å². The molecule has 1 heterocycles. The fourth-order valence-electron chi connectivity index (χ4n) is 1.89. The van der Waals surface area contributed by atoms with E-state index >= 15 is 0 Å². The molecular formula is C10H21NO6. The molecule has 0 amide bonds. The van der Waals surface area contributed by atoms with Crippen molar-refractivity contribution in [1.29, 1.82) is 0 Å². The zero-order valence-electron chi connectivity index (χ0n) is 9.51. The van der Waals surface area contributed by atoms with Gasteiger partial charge in [0.1, 0.15) is 24.4 Å².